The van der Waals surface area contributed by atoms with Gasteiger partial charge < -0.3 is 15.2 Å². The Hall–Kier alpha value is -2.18. The first kappa shape index (κ1) is 36.6. The number of rotatable bonds is 10. The molecule has 5 aliphatic rings. The van der Waals surface area contributed by atoms with Gasteiger partial charge in [0, 0.05) is 23.4 Å². The van der Waals surface area contributed by atoms with Gasteiger partial charge in [-0.25, -0.2) is 0 Å². The lowest BCUT2D eigenvalue weighted by molar-refractivity contribution is -0.192. The highest BCUT2D eigenvalue weighted by molar-refractivity contribution is 6.30. The van der Waals surface area contributed by atoms with Crippen molar-refractivity contribution in [2.45, 2.75) is 132 Å². The second kappa shape index (κ2) is 13.4. The van der Waals surface area contributed by atoms with Crippen molar-refractivity contribution in [2.75, 3.05) is 6.54 Å². The van der Waals surface area contributed by atoms with Gasteiger partial charge >= 0.3 is 11.9 Å². The van der Waals surface area contributed by atoms with Gasteiger partial charge in [-0.2, -0.15) is 0 Å². The molecule has 270 valence electrons. The number of ketones is 1. The first-order valence-corrected chi connectivity index (χ1v) is 19.6. The summed E-state index contributed by atoms with van der Waals surface area (Å²) in [6.07, 6.45) is 10.3. The minimum Gasteiger partial charge on any atom is -0.481 e. The molecular formula is C42H60ClNO5. The summed E-state index contributed by atoms with van der Waals surface area (Å²) in [5.74, 6) is 1.72. The average molecular weight is 694 g/mol. The Morgan fingerprint density at radius 1 is 1.00 bits per heavy atom. The Morgan fingerprint density at radius 2 is 1.65 bits per heavy atom. The summed E-state index contributed by atoms with van der Waals surface area (Å²) in [5.41, 5.74) is 3.21. The molecule has 4 saturated carbocycles. The van der Waals surface area contributed by atoms with Crippen molar-refractivity contribution in [3.8, 4) is 0 Å². The van der Waals surface area contributed by atoms with E-state index in [1.807, 2.05) is 12.1 Å². The number of hydrogen-bond donors (Lipinski definition) is 2. The van der Waals surface area contributed by atoms with Gasteiger partial charge in [-0.1, -0.05) is 63.9 Å². The molecule has 0 saturated heterocycles. The number of aliphatic carboxylic acids is 1. The van der Waals surface area contributed by atoms with Crippen molar-refractivity contribution in [3.05, 3.63) is 46.0 Å². The number of benzene rings is 1. The van der Waals surface area contributed by atoms with E-state index in [2.05, 4.69) is 52.1 Å². The van der Waals surface area contributed by atoms with E-state index in [9.17, 15) is 19.5 Å². The Balaban J connectivity index is 1.18. The first-order chi connectivity index (χ1) is 23.0. The summed E-state index contributed by atoms with van der Waals surface area (Å²) in [6, 6.07) is 8.05. The number of fused-ring (bicyclic) bond motifs is 7. The van der Waals surface area contributed by atoms with Crippen molar-refractivity contribution < 1.29 is 24.2 Å². The van der Waals surface area contributed by atoms with E-state index >= 15 is 0 Å². The van der Waals surface area contributed by atoms with Gasteiger partial charge in [0.1, 0.15) is 6.10 Å². The predicted molar refractivity (Wildman–Crippen MR) is 194 cm³/mol. The Bertz CT molecular complexity index is 1480. The zero-order chi connectivity index (χ0) is 35.5. The van der Waals surface area contributed by atoms with E-state index in [0.29, 0.717) is 35.9 Å². The number of halogens is 1. The number of nitrogens with one attached hydrogen (secondary N) is 1. The van der Waals surface area contributed by atoms with E-state index in [-0.39, 0.29) is 46.6 Å². The first-order valence-electron chi connectivity index (χ1n) is 19.2. The van der Waals surface area contributed by atoms with Crippen LogP contribution >= 0.6 is 11.6 Å². The maximum Gasteiger partial charge on any atom is 0.309 e. The van der Waals surface area contributed by atoms with Crippen LogP contribution < -0.4 is 5.32 Å². The van der Waals surface area contributed by atoms with E-state index in [1.165, 1.54) is 31.2 Å². The number of carbonyl (C=O) groups excluding carboxylic acids is 2. The van der Waals surface area contributed by atoms with Crippen LogP contribution in [0.25, 0.3) is 0 Å². The summed E-state index contributed by atoms with van der Waals surface area (Å²) < 4.78 is 6.05. The Kier molecular flexibility index (Phi) is 10.0. The van der Waals surface area contributed by atoms with Crippen LogP contribution in [0.4, 0.5) is 0 Å². The zero-order valence-electron chi connectivity index (χ0n) is 31.0. The molecule has 0 amide bonds. The number of carboxylic acids is 1. The monoisotopic (exact) mass is 693 g/mol. The lowest BCUT2D eigenvalue weighted by atomic mass is 9.38. The summed E-state index contributed by atoms with van der Waals surface area (Å²) in [5, 5.41) is 14.0. The highest BCUT2D eigenvalue weighted by atomic mass is 35.5. The fraction of sp³-hybridized carbons (Fsp3) is 0.738. The SMILES string of the molecule is CC(C)C1=C2C3CCC4C(C)(CCC5C(C)C(OC(=O)CC(C)(C)C(=O)O)CCC54C)C3CCC2(CCNCc2ccc(Cl)cc2)CC1=O. The van der Waals surface area contributed by atoms with Crippen molar-refractivity contribution in [3.63, 3.8) is 0 Å². The molecule has 0 radical (unpaired) electrons. The molecule has 7 heteroatoms. The van der Waals surface area contributed by atoms with Crippen LogP contribution in [0.15, 0.2) is 35.4 Å². The standard InChI is InChI=1S/C42H60ClNO5/c1-25(2)36-32(45)22-42(20-21-44-24-27-8-10-28(43)11-9-27)19-15-31-29(37(36)42)12-13-34-40(6)18-16-33(26(3)30(40)14-17-41(31,34)7)49-35(46)23-39(4,5)38(47)48/h8-11,25-26,29-31,33-34,44H,12-24H2,1-7H3,(H,47,48). The summed E-state index contributed by atoms with van der Waals surface area (Å²) in [7, 11) is 0. The number of allylic oxidation sites excluding steroid dienone is 2. The van der Waals surface area contributed by atoms with Gasteiger partial charge in [0.25, 0.3) is 0 Å². The Morgan fingerprint density at radius 3 is 2.33 bits per heavy atom. The van der Waals surface area contributed by atoms with Gasteiger partial charge in [0.05, 0.1) is 11.8 Å². The molecular weight excluding hydrogens is 634 g/mol. The van der Waals surface area contributed by atoms with Crippen LogP contribution in [0.5, 0.6) is 0 Å². The van der Waals surface area contributed by atoms with Gasteiger partial charge in [-0.05, 0) is 148 Å². The molecule has 0 aromatic heterocycles. The van der Waals surface area contributed by atoms with Crippen LogP contribution in [0.2, 0.25) is 5.02 Å². The predicted octanol–water partition coefficient (Wildman–Crippen LogP) is 9.43. The highest BCUT2D eigenvalue weighted by Gasteiger charge is 2.65. The molecule has 5 aliphatic carbocycles. The van der Waals surface area contributed by atoms with E-state index in [1.54, 1.807) is 19.4 Å². The summed E-state index contributed by atoms with van der Waals surface area (Å²) >= 11 is 6.10. The Labute approximate surface area is 299 Å². The number of carbonyl (C=O) groups is 3. The van der Waals surface area contributed by atoms with Crippen molar-refractivity contribution >= 4 is 29.3 Å². The number of carboxylic acid groups (broad SMARTS) is 1. The second-order valence-electron chi connectivity index (χ2n) is 18.2. The number of ether oxygens (including phenoxy) is 1. The molecule has 0 aliphatic heterocycles. The molecule has 49 heavy (non-hydrogen) atoms. The molecule has 6 rings (SSSR count). The van der Waals surface area contributed by atoms with Crippen molar-refractivity contribution in [1.82, 2.24) is 5.32 Å². The largest absolute Gasteiger partial charge is 0.481 e. The molecule has 9 atom stereocenters. The molecule has 9 unspecified atom stereocenters. The van der Waals surface area contributed by atoms with Crippen molar-refractivity contribution in [2.24, 2.45) is 57.2 Å². The summed E-state index contributed by atoms with van der Waals surface area (Å²) in [6.45, 7) is 16.8. The number of hydrogen-bond acceptors (Lipinski definition) is 5. The second-order valence-corrected chi connectivity index (χ2v) is 18.7. The van der Waals surface area contributed by atoms with Crippen molar-refractivity contribution in [1.29, 1.82) is 0 Å². The minimum atomic E-state index is -1.13. The van der Waals surface area contributed by atoms with E-state index in [0.717, 1.165) is 55.8 Å². The van der Waals surface area contributed by atoms with Gasteiger partial charge in [-0.15, -0.1) is 0 Å². The van der Waals surface area contributed by atoms with E-state index < -0.39 is 11.4 Å². The maximum atomic E-state index is 13.8. The lowest BCUT2D eigenvalue weighted by Crippen LogP contribution is -2.60. The third-order valence-electron chi connectivity index (χ3n) is 14.7. The molecule has 6 nitrogen and oxygen atoms in total. The fourth-order valence-corrected chi connectivity index (χ4v) is 12.4. The zero-order valence-corrected chi connectivity index (χ0v) is 31.8. The molecule has 2 N–H and O–H groups in total. The van der Waals surface area contributed by atoms with Gasteiger partial charge in [0.15, 0.2) is 5.78 Å². The van der Waals surface area contributed by atoms with Crippen LogP contribution in [0, 0.1) is 57.2 Å². The number of Topliss-reactive ketones (excluding diaryl/α,β-unsaturated/α-hetero) is 1. The van der Waals surface area contributed by atoms with Crippen LogP contribution in [0.1, 0.15) is 125 Å². The summed E-state index contributed by atoms with van der Waals surface area (Å²) in [4.78, 5) is 38.4. The molecule has 1 aromatic carbocycles. The fourth-order valence-electron chi connectivity index (χ4n) is 12.3. The molecule has 1 aromatic rings. The average Bonchev–Trinajstić information content (AvgIpc) is 3.33. The topological polar surface area (TPSA) is 92.7 Å². The van der Waals surface area contributed by atoms with Gasteiger partial charge in [-0.3, -0.25) is 14.4 Å². The minimum absolute atomic E-state index is 0.0131. The number of esters is 1. The highest BCUT2D eigenvalue weighted by Crippen LogP contribution is 2.72. The lowest BCUT2D eigenvalue weighted by Gasteiger charge is -2.67. The normalized spacial score (nSPS) is 37.3. The molecule has 0 bridgehead atoms. The smallest absolute Gasteiger partial charge is 0.309 e. The third-order valence-corrected chi connectivity index (χ3v) is 15.0. The molecule has 0 spiro atoms. The maximum absolute atomic E-state index is 13.8. The van der Waals surface area contributed by atoms with Crippen LogP contribution in [-0.2, 0) is 25.7 Å². The molecule has 0 heterocycles. The van der Waals surface area contributed by atoms with Gasteiger partial charge in [0.2, 0.25) is 0 Å². The van der Waals surface area contributed by atoms with Crippen LogP contribution in [-0.4, -0.2) is 35.5 Å². The quantitative estimate of drug-likeness (QED) is 0.187. The third kappa shape index (κ3) is 6.45. The molecule has 4 fully saturated rings. The van der Waals surface area contributed by atoms with E-state index in [4.69, 9.17) is 16.3 Å². The van der Waals surface area contributed by atoms with Crippen LogP contribution in [0.3, 0.4) is 0 Å².